The molecule has 2 aromatic rings. The molecule has 1 aliphatic rings. The van der Waals surface area contributed by atoms with Crippen LogP contribution < -0.4 is 5.56 Å². The van der Waals surface area contributed by atoms with Gasteiger partial charge < -0.3 is 4.98 Å². The predicted octanol–water partition coefficient (Wildman–Crippen LogP) is 2.02. The number of nitrogens with one attached hydrogen (secondary N) is 1. The number of rotatable bonds is 2. The molecule has 2 heterocycles. The number of aromatic nitrogens is 3. The van der Waals surface area contributed by atoms with Gasteiger partial charge in [0.2, 0.25) is 0 Å². The first-order chi connectivity index (χ1) is 8.24. The largest absolute Gasteiger partial charge is 0.306 e. The summed E-state index contributed by atoms with van der Waals surface area (Å²) in [5, 5.41) is 0. The van der Waals surface area contributed by atoms with Gasteiger partial charge in [0.1, 0.15) is 5.82 Å². The van der Waals surface area contributed by atoms with Gasteiger partial charge in [-0.1, -0.05) is 0 Å². The van der Waals surface area contributed by atoms with E-state index in [2.05, 4.69) is 15.0 Å². The normalized spacial score (nSPS) is 14.9. The molecule has 4 nitrogen and oxygen atoms in total. The molecule has 2 aromatic heterocycles. The third-order valence-electron chi connectivity index (χ3n) is 3.05. The van der Waals surface area contributed by atoms with Gasteiger partial charge in [0.15, 0.2) is 0 Å². The highest BCUT2D eigenvalue weighted by Crippen LogP contribution is 2.38. The van der Waals surface area contributed by atoms with Crippen LogP contribution in [0.2, 0.25) is 0 Å². The average molecular weight is 227 g/mol. The Kier molecular flexibility index (Phi) is 2.28. The van der Waals surface area contributed by atoms with E-state index >= 15 is 0 Å². The van der Waals surface area contributed by atoms with Gasteiger partial charge in [-0.2, -0.15) is 0 Å². The lowest BCUT2D eigenvalue weighted by Crippen LogP contribution is -2.10. The zero-order valence-corrected chi connectivity index (χ0v) is 9.60. The molecule has 0 radical (unpaired) electrons. The molecule has 4 heteroatoms. The molecule has 1 fully saturated rings. The van der Waals surface area contributed by atoms with Crippen molar-refractivity contribution in [2.75, 3.05) is 0 Å². The van der Waals surface area contributed by atoms with Gasteiger partial charge in [0.25, 0.3) is 5.56 Å². The minimum Gasteiger partial charge on any atom is -0.306 e. The highest BCUT2D eigenvalue weighted by molar-refractivity contribution is 5.58. The summed E-state index contributed by atoms with van der Waals surface area (Å²) >= 11 is 0. The molecule has 86 valence electrons. The topological polar surface area (TPSA) is 58.6 Å². The third kappa shape index (κ3) is 1.98. The first-order valence-corrected chi connectivity index (χ1v) is 5.76. The maximum absolute atomic E-state index is 11.6. The second-order valence-electron chi connectivity index (χ2n) is 4.48. The molecule has 17 heavy (non-hydrogen) atoms. The van der Waals surface area contributed by atoms with E-state index in [1.54, 1.807) is 18.5 Å². The van der Waals surface area contributed by atoms with Crippen LogP contribution in [0.4, 0.5) is 0 Å². The minimum atomic E-state index is -0.0832. The lowest BCUT2D eigenvalue weighted by molar-refractivity contribution is 0.974. The Morgan fingerprint density at radius 2 is 2.24 bits per heavy atom. The van der Waals surface area contributed by atoms with Crippen LogP contribution in [0.15, 0.2) is 29.3 Å². The van der Waals surface area contributed by atoms with E-state index in [-0.39, 0.29) is 5.56 Å². The first-order valence-electron chi connectivity index (χ1n) is 5.76. The predicted molar refractivity (Wildman–Crippen MR) is 64.8 cm³/mol. The van der Waals surface area contributed by atoms with Gasteiger partial charge in [-0.05, 0) is 31.4 Å². The number of hydrogen-bond donors (Lipinski definition) is 1. The maximum atomic E-state index is 11.6. The van der Waals surface area contributed by atoms with Crippen molar-refractivity contribution < 1.29 is 0 Å². The Hall–Kier alpha value is -1.97. The van der Waals surface area contributed by atoms with Gasteiger partial charge in [0.05, 0.1) is 5.69 Å². The third-order valence-corrected chi connectivity index (χ3v) is 3.05. The molecule has 0 aromatic carbocycles. The highest BCUT2D eigenvalue weighted by Gasteiger charge is 2.26. The van der Waals surface area contributed by atoms with E-state index in [0.29, 0.717) is 11.7 Å². The summed E-state index contributed by atoms with van der Waals surface area (Å²) in [4.78, 5) is 23.0. The van der Waals surface area contributed by atoms with Crippen molar-refractivity contribution in [3.63, 3.8) is 0 Å². The van der Waals surface area contributed by atoms with Crippen molar-refractivity contribution in [2.45, 2.75) is 25.7 Å². The van der Waals surface area contributed by atoms with Crippen LogP contribution in [0.1, 0.15) is 30.0 Å². The number of pyridine rings is 1. The SMILES string of the molecule is Cc1ccncc1-c1nc(C2CC2)cc(=O)[nH]1. The Labute approximate surface area is 98.8 Å². The maximum Gasteiger partial charge on any atom is 0.251 e. The fourth-order valence-electron chi connectivity index (χ4n) is 1.90. The Morgan fingerprint density at radius 1 is 1.41 bits per heavy atom. The Bertz CT molecular complexity index is 614. The summed E-state index contributed by atoms with van der Waals surface area (Å²) in [6, 6.07) is 3.52. The molecule has 0 amide bonds. The quantitative estimate of drug-likeness (QED) is 0.853. The zero-order valence-electron chi connectivity index (χ0n) is 9.60. The van der Waals surface area contributed by atoms with E-state index in [1.165, 1.54) is 0 Å². The number of hydrogen-bond acceptors (Lipinski definition) is 3. The second kappa shape index (κ2) is 3.80. The molecular weight excluding hydrogens is 214 g/mol. The van der Waals surface area contributed by atoms with Crippen LogP contribution in [0.25, 0.3) is 11.4 Å². The molecular formula is C13H13N3O. The zero-order chi connectivity index (χ0) is 11.8. The van der Waals surface area contributed by atoms with Crippen LogP contribution in [0.5, 0.6) is 0 Å². The van der Waals surface area contributed by atoms with Crippen LogP contribution in [-0.2, 0) is 0 Å². The lowest BCUT2D eigenvalue weighted by Gasteiger charge is -2.05. The van der Waals surface area contributed by atoms with Gasteiger partial charge in [0, 0.05) is 29.9 Å². The number of nitrogens with zero attached hydrogens (tertiary/aromatic N) is 2. The van der Waals surface area contributed by atoms with Crippen molar-refractivity contribution >= 4 is 0 Å². The molecule has 0 unspecified atom stereocenters. The number of aryl methyl sites for hydroxylation is 1. The number of H-pyrrole nitrogens is 1. The van der Waals surface area contributed by atoms with Crippen LogP contribution in [0, 0.1) is 6.92 Å². The van der Waals surface area contributed by atoms with Crippen molar-refractivity contribution in [1.82, 2.24) is 15.0 Å². The van der Waals surface area contributed by atoms with Gasteiger partial charge in [-0.15, -0.1) is 0 Å². The van der Waals surface area contributed by atoms with E-state index < -0.39 is 0 Å². The Balaban J connectivity index is 2.14. The molecule has 1 saturated carbocycles. The highest BCUT2D eigenvalue weighted by atomic mass is 16.1. The van der Waals surface area contributed by atoms with E-state index in [9.17, 15) is 4.79 Å². The summed E-state index contributed by atoms with van der Waals surface area (Å²) in [6.45, 7) is 1.99. The molecule has 0 bridgehead atoms. The monoisotopic (exact) mass is 227 g/mol. The molecule has 0 atom stereocenters. The van der Waals surface area contributed by atoms with Gasteiger partial charge in [-0.3, -0.25) is 9.78 Å². The van der Waals surface area contributed by atoms with Crippen molar-refractivity contribution in [2.24, 2.45) is 0 Å². The summed E-state index contributed by atoms with van der Waals surface area (Å²) in [5.74, 6) is 1.11. The minimum absolute atomic E-state index is 0.0832. The molecule has 3 rings (SSSR count). The molecule has 0 spiro atoms. The second-order valence-corrected chi connectivity index (χ2v) is 4.48. The molecule has 0 saturated heterocycles. The lowest BCUT2D eigenvalue weighted by atomic mass is 10.1. The average Bonchev–Trinajstić information content (AvgIpc) is 3.12. The van der Waals surface area contributed by atoms with Gasteiger partial charge in [-0.25, -0.2) is 4.98 Å². The van der Waals surface area contributed by atoms with Gasteiger partial charge >= 0.3 is 0 Å². The smallest absolute Gasteiger partial charge is 0.251 e. The first kappa shape index (κ1) is 10.2. The van der Waals surface area contributed by atoms with Crippen LogP contribution in [-0.4, -0.2) is 15.0 Å². The number of aromatic amines is 1. The van der Waals surface area contributed by atoms with Crippen molar-refractivity contribution in [3.05, 3.63) is 46.1 Å². The molecule has 1 N–H and O–H groups in total. The summed E-state index contributed by atoms with van der Waals surface area (Å²) in [7, 11) is 0. The standard InChI is InChI=1S/C13H13N3O/c1-8-4-5-14-7-10(8)13-15-11(9-2-3-9)6-12(17)16-13/h4-7,9H,2-3H2,1H3,(H,15,16,17). The van der Waals surface area contributed by atoms with Crippen molar-refractivity contribution in [1.29, 1.82) is 0 Å². The van der Waals surface area contributed by atoms with E-state index in [1.807, 2.05) is 13.0 Å². The summed E-state index contributed by atoms with van der Waals surface area (Å²) in [6.07, 6.45) is 5.76. The fourth-order valence-corrected chi connectivity index (χ4v) is 1.90. The molecule has 0 aliphatic heterocycles. The Morgan fingerprint density at radius 3 is 2.94 bits per heavy atom. The fraction of sp³-hybridized carbons (Fsp3) is 0.308. The molecule has 1 aliphatic carbocycles. The summed E-state index contributed by atoms with van der Waals surface area (Å²) < 4.78 is 0. The van der Waals surface area contributed by atoms with E-state index in [0.717, 1.165) is 29.7 Å². The van der Waals surface area contributed by atoms with Crippen molar-refractivity contribution in [3.8, 4) is 11.4 Å². The van der Waals surface area contributed by atoms with E-state index in [4.69, 9.17) is 0 Å². The van der Waals surface area contributed by atoms with Crippen LogP contribution >= 0.6 is 0 Å². The van der Waals surface area contributed by atoms with Crippen LogP contribution in [0.3, 0.4) is 0 Å². The summed E-state index contributed by atoms with van der Waals surface area (Å²) in [5.41, 5.74) is 2.79.